The maximum Gasteiger partial charge on any atom is 0.228 e. The van der Waals surface area contributed by atoms with Crippen molar-refractivity contribution in [2.45, 2.75) is 39.2 Å². The monoisotopic (exact) mass is 276 g/mol. The number of piperidine rings is 1. The first-order valence-corrected chi connectivity index (χ1v) is 7.47. The van der Waals surface area contributed by atoms with Gasteiger partial charge in [-0.2, -0.15) is 0 Å². The average molecular weight is 276 g/mol. The molecule has 2 atom stereocenters. The summed E-state index contributed by atoms with van der Waals surface area (Å²) in [6.07, 6.45) is 3.23. The first-order chi connectivity index (χ1) is 9.69. The molecule has 20 heavy (non-hydrogen) atoms. The summed E-state index contributed by atoms with van der Waals surface area (Å²) in [7, 11) is 0. The SMILES string of the molecule is CCC(C)Oc1ccc(NC(=O)C2CCCNC2)cc1. The molecular formula is C16H24N2O2. The van der Waals surface area contributed by atoms with Gasteiger partial charge in [-0.25, -0.2) is 0 Å². The third-order valence-corrected chi connectivity index (χ3v) is 3.70. The van der Waals surface area contributed by atoms with E-state index in [1.807, 2.05) is 31.2 Å². The Morgan fingerprint density at radius 3 is 2.80 bits per heavy atom. The number of hydrogen-bond acceptors (Lipinski definition) is 3. The van der Waals surface area contributed by atoms with Crippen molar-refractivity contribution in [3.05, 3.63) is 24.3 Å². The van der Waals surface area contributed by atoms with Gasteiger partial charge >= 0.3 is 0 Å². The fourth-order valence-electron chi connectivity index (χ4n) is 2.25. The second-order valence-corrected chi connectivity index (χ2v) is 5.39. The largest absolute Gasteiger partial charge is 0.491 e. The minimum absolute atomic E-state index is 0.0831. The predicted molar refractivity (Wildman–Crippen MR) is 81.0 cm³/mol. The lowest BCUT2D eigenvalue weighted by Gasteiger charge is -2.22. The number of hydrogen-bond donors (Lipinski definition) is 2. The number of ether oxygens (including phenoxy) is 1. The van der Waals surface area contributed by atoms with E-state index in [9.17, 15) is 4.79 Å². The minimum Gasteiger partial charge on any atom is -0.491 e. The van der Waals surface area contributed by atoms with Gasteiger partial charge in [0.15, 0.2) is 0 Å². The molecule has 0 radical (unpaired) electrons. The number of anilines is 1. The van der Waals surface area contributed by atoms with Crippen LogP contribution in [-0.2, 0) is 4.79 Å². The highest BCUT2D eigenvalue weighted by atomic mass is 16.5. The fraction of sp³-hybridized carbons (Fsp3) is 0.562. The molecule has 0 saturated carbocycles. The quantitative estimate of drug-likeness (QED) is 0.869. The molecule has 1 aromatic rings. The first kappa shape index (κ1) is 14.9. The summed E-state index contributed by atoms with van der Waals surface area (Å²) in [6, 6.07) is 7.60. The van der Waals surface area contributed by atoms with Crippen LogP contribution in [0.25, 0.3) is 0 Å². The third kappa shape index (κ3) is 4.23. The normalized spacial score (nSPS) is 20.2. The van der Waals surface area contributed by atoms with E-state index in [-0.39, 0.29) is 17.9 Å². The number of rotatable bonds is 5. The zero-order valence-electron chi connectivity index (χ0n) is 12.3. The van der Waals surface area contributed by atoms with E-state index in [1.54, 1.807) is 0 Å². The number of nitrogens with one attached hydrogen (secondary N) is 2. The first-order valence-electron chi connectivity index (χ1n) is 7.47. The second-order valence-electron chi connectivity index (χ2n) is 5.39. The lowest BCUT2D eigenvalue weighted by molar-refractivity contribution is -0.120. The highest BCUT2D eigenvalue weighted by Gasteiger charge is 2.20. The van der Waals surface area contributed by atoms with Crippen LogP contribution in [0.4, 0.5) is 5.69 Å². The topological polar surface area (TPSA) is 50.4 Å². The third-order valence-electron chi connectivity index (χ3n) is 3.70. The van der Waals surface area contributed by atoms with Crippen molar-refractivity contribution in [2.75, 3.05) is 18.4 Å². The van der Waals surface area contributed by atoms with Crippen LogP contribution >= 0.6 is 0 Å². The summed E-state index contributed by atoms with van der Waals surface area (Å²) in [6.45, 7) is 5.94. The molecule has 1 amide bonds. The van der Waals surface area contributed by atoms with Gasteiger partial charge in [0.25, 0.3) is 0 Å². The molecule has 1 fully saturated rings. The molecule has 1 heterocycles. The number of carbonyl (C=O) groups excluding carboxylic acids is 1. The van der Waals surface area contributed by atoms with Crippen molar-refractivity contribution in [3.63, 3.8) is 0 Å². The lowest BCUT2D eigenvalue weighted by Crippen LogP contribution is -2.37. The molecule has 1 aromatic carbocycles. The van der Waals surface area contributed by atoms with Gasteiger partial charge in [0.2, 0.25) is 5.91 Å². The van der Waals surface area contributed by atoms with Crippen molar-refractivity contribution in [1.29, 1.82) is 0 Å². The Kier molecular flexibility index (Phi) is 5.41. The molecular weight excluding hydrogens is 252 g/mol. The molecule has 0 aliphatic carbocycles. The maximum absolute atomic E-state index is 12.1. The second kappa shape index (κ2) is 7.29. The zero-order valence-corrected chi connectivity index (χ0v) is 12.3. The molecule has 4 heteroatoms. The van der Waals surface area contributed by atoms with Crippen LogP contribution in [0, 0.1) is 5.92 Å². The van der Waals surface area contributed by atoms with Gasteiger partial charge in [0, 0.05) is 12.2 Å². The number of carbonyl (C=O) groups is 1. The number of amides is 1. The van der Waals surface area contributed by atoms with Gasteiger partial charge in [0.1, 0.15) is 5.75 Å². The van der Waals surface area contributed by atoms with E-state index < -0.39 is 0 Å². The Morgan fingerprint density at radius 2 is 2.20 bits per heavy atom. The fourth-order valence-corrected chi connectivity index (χ4v) is 2.25. The van der Waals surface area contributed by atoms with Crippen LogP contribution in [0.1, 0.15) is 33.1 Å². The van der Waals surface area contributed by atoms with Crippen molar-refractivity contribution < 1.29 is 9.53 Å². The summed E-state index contributed by atoms with van der Waals surface area (Å²) >= 11 is 0. The van der Waals surface area contributed by atoms with Gasteiger partial charge in [-0.15, -0.1) is 0 Å². The Bertz CT molecular complexity index is 425. The van der Waals surface area contributed by atoms with E-state index in [0.29, 0.717) is 0 Å². The Hall–Kier alpha value is -1.55. The minimum atomic E-state index is 0.0831. The Morgan fingerprint density at radius 1 is 1.45 bits per heavy atom. The standard InChI is InChI=1S/C16H24N2O2/c1-3-12(2)20-15-8-6-14(7-9-15)18-16(19)13-5-4-10-17-11-13/h6-9,12-13,17H,3-5,10-11H2,1-2H3,(H,18,19). The van der Waals surface area contributed by atoms with Gasteiger partial charge in [-0.1, -0.05) is 6.92 Å². The smallest absolute Gasteiger partial charge is 0.228 e. The molecule has 4 nitrogen and oxygen atoms in total. The van der Waals surface area contributed by atoms with Crippen LogP contribution in [0.5, 0.6) is 5.75 Å². The molecule has 1 aliphatic rings. The zero-order chi connectivity index (χ0) is 14.4. The van der Waals surface area contributed by atoms with Crippen molar-refractivity contribution in [2.24, 2.45) is 5.92 Å². The van der Waals surface area contributed by atoms with Gasteiger partial charge < -0.3 is 15.4 Å². The molecule has 2 unspecified atom stereocenters. The van der Waals surface area contributed by atoms with Crippen LogP contribution in [0.2, 0.25) is 0 Å². The molecule has 0 bridgehead atoms. The predicted octanol–water partition coefficient (Wildman–Crippen LogP) is 2.80. The summed E-state index contributed by atoms with van der Waals surface area (Å²) in [5.41, 5.74) is 0.831. The molecule has 0 spiro atoms. The molecule has 1 aliphatic heterocycles. The van der Waals surface area contributed by atoms with Gasteiger partial charge in [0.05, 0.1) is 12.0 Å². The van der Waals surface area contributed by atoms with E-state index in [2.05, 4.69) is 17.6 Å². The maximum atomic E-state index is 12.1. The average Bonchev–Trinajstić information content (AvgIpc) is 2.50. The summed E-state index contributed by atoms with van der Waals surface area (Å²) in [5.74, 6) is 1.03. The van der Waals surface area contributed by atoms with Crippen LogP contribution in [-0.4, -0.2) is 25.1 Å². The highest BCUT2D eigenvalue weighted by Crippen LogP contribution is 2.19. The molecule has 1 saturated heterocycles. The summed E-state index contributed by atoms with van der Waals surface area (Å²) in [5, 5.41) is 6.23. The summed E-state index contributed by atoms with van der Waals surface area (Å²) in [4.78, 5) is 12.1. The van der Waals surface area contributed by atoms with Crippen LogP contribution in [0.3, 0.4) is 0 Å². The van der Waals surface area contributed by atoms with Crippen LogP contribution in [0.15, 0.2) is 24.3 Å². The molecule has 110 valence electrons. The highest BCUT2D eigenvalue weighted by molar-refractivity contribution is 5.92. The van der Waals surface area contributed by atoms with Gasteiger partial charge in [-0.05, 0) is 57.0 Å². The molecule has 2 N–H and O–H groups in total. The van der Waals surface area contributed by atoms with E-state index >= 15 is 0 Å². The van der Waals surface area contributed by atoms with Crippen molar-refractivity contribution in [3.8, 4) is 5.75 Å². The van der Waals surface area contributed by atoms with Gasteiger partial charge in [-0.3, -0.25) is 4.79 Å². The lowest BCUT2D eigenvalue weighted by atomic mass is 9.99. The van der Waals surface area contributed by atoms with Crippen LogP contribution < -0.4 is 15.4 Å². The van der Waals surface area contributed by atoms with Crippen molar-refractivity contribution in [1.82, 2.24) is 5.32 Å². The van der Waals surface area contributed by atoms with E-state index in [0.717, 1.165) is 43.8 Å². The van der Waals surface area contributed by atoms with Crippen molar-refractivity contribution >= 4 is 11.6 Å². The van der Waals surface area contributed by atoms with E-state index in [4.69, 9.17) is 4.74 Å². The summed E-state index contributed by atoms with van der Waals surface area (Å²) < 4.78 is 5.72. The molecule has 0 aromatic heterocycles. The Labute approximate surface area is 120 Å². The van der Waals surface area contributed by atoms with E-state index in [1.165, 1.54) is 0 Å². The Balaban J connectivity index is 1.88. The molecule has 2 rings (SSSR count). The number of benzene rings is 1.